The summed E-state index contributed by atoms with van der Waals surface area (Å²) >= 11 is 0. The fourth-order valence-corrected chi connectivity index (χ4v) is 1.33. The molecule has 90 valence electrons. The standard InChI is InChI=1S/C14H15FO2/c1-2-3-5-10-12(16)13(15)14(17)11-8-6-4-7-9-11/h2-10,13-14,17H,1H3/b3-2+,10-5+/t13-,14-/m1/s1. The number of ketones is 1. The van der Waals surface area contributed by atoms with E-state index in [1.165, 1.54) is 6.08 Å². The van der Waals surface area contributed by atoms with Gasteiger partial charge in [-0.1, -0.05) is 48.6 Å². The van der Waals surface area contributed by atoms with Crippen molar-refractivity contribution in [3.8, 4) is 0 Å². The van der Waals surface area contributed by atoms with Gasteiger partial charge in [-0.2, -0.15) is 0 Å². The molecule has 1 N–H and O–H groups in total. The first-order chi connectivity index (χ1) is 8.16. The molecule has 0 aliphatic rings. The van der Waals surface area contributed by atoms with E-state index in [9.17, 15) is 14.3 Å². The Morgan fingerprint density at radius 2 is 1.94 bits per heavy atom. The summed E-state index contributed by atoms with van der Waals surface area (Å²) in [7, 11) is 0. The number of aliphatic hydroxyl groups excluding tert-OH is 1. The zero-order valence-corrected chi connectivity index (χ0v) is 9.58. The molecule has 0 bridgehead atoms. The molecule has 2 nitrogen and oxygen atoms in total. The van der Waals surface area contributed by atoms with E-state index in [1.807, 2.05) is 0 Å². The van der Waals surface area contributed by atoms with E-state index in [1.54, 1.807) is 49.4 Å². The summed E-state index contributed by atoms with van der Waals surface area (Å²) in [6.07, 6.45) is 2.58. The van der Waals surface area contributed by atoms with Crippen LogP contribution in [0, 0.1) is 0 Å². The van der Waals surface area contributed by atoms with Crippen LogP contribution in [0.4, 0.5) is 4.39 Å². The van der Waals surface area contributed by atoms with Gasteiger partial charge in [-0.05, 0) is 18.6 Å². The Kier molecular flexibility index (Phi) is 5.30. The molecular formula is C14H15FO2. The number of allylic oxidation sites excluding steroid dienone is 4. The molecule has 0 amide bonds. The molecular weight excluding hydrogens is 219 g/mol. The molecule has 0 fully saturated rings. The van der Waals surface area contributed by atoms with Gasteiger partial charge < -0.3 is 5.11 Å². The molecule has 0 radical (unpaired) electrons. The zero-order chi connectivity index (χ0) is 12.7. The Labute approximate surface area is 100 Å². The van der Waals surface area contributed by atoms with Crippen LogP contribution in [0.25, 0.3) is 0 Å². The number of alkyl halides is 1. The normalized spacial score (nSPS) is 15.2. The molecule has 0 aliphatic heterocycles. The summed E-state index contributed by atoms with van der Waals surface area (Å²) in [5, 5.41) is 9.67. The van der Waals surface area contributed by atoms with Gasteiger partial charge in [-0.25, -0.2) is 4.39 Å². The van der Waals surface area contributed by atoms with Crippen LogP contribution in [0.1, 0.15) is 18.6 Å². The number of hydrogen-bond acceptors (Lipinski definition) is 2. The highest BCUT2D eigenvalue weighted by Gasteiger charge is 2.25. The number of hydrogen-bond donors (Lipinski definition) is 1. The molecule has 1 aromatic rings. The molecule has 0 aromatic heterocycles. The number of halogens is 1. The predicted molar refractivity (Wildman–Crippen MR) is 65.3 cm³/mol. The lowest BCUT2D eigenvalue weighted by atomic mass is 10.0. The van der Waals surface area contributed by atoms with Crippen molar-refractivity contribution in [2.75, 3.05) is 0 Å². The van der Waals surface area contributed by atoms with E-state index in [2.05, 4.69) is 0 Å². The third-order valence-corrected chi connectivity index (χ3v) is 2.25. The average molecular weight is 234 g/mol. The van der Waals surface area contributed by atoms with Gasteiger partial charge in [0, 0.05) is 0 Å². The molecule has 2 atom stereocenters. The van der Waals surface area contributed by atoms with E-state index in [0.29, 0.717) is 5.56 Å². The van der Waals surface area contributed by atoms with Crippen LogP contribution in [-0.4, -0.2) is 17.1 Å². The molecule has 0 saturated heterocycles. The van der Waals surface area contributed by atoms with E-state index in [4.69, 9.17) is 0 Å². The zero-order valence-electron chi connectivity index (χ0n) is 9.58. The number of rotatable bonds is 5. The van der Waals surface area contributed by atoms with Crippen molar-refractivity contribution in [3.05, 3.63) is 60.2 Å². The second kappa shape index (κ2) is 6.76. The summed E-state index contributed by atoms with van der Waals surface area (Å²) in [4.78, 5) is 11.4. The van der Waals surface area contributed by atoms with E-state index in [-0.39, 0.29) is 0 Å². The summed E-state index contributed by atoms with van der Waals surface area (Å²) in [6.45, 7) is 1.79. The lowest BCUT2D eigenvalue weighted by Gasteiger charge is -2.13. The third-order valence-electron chi connectivity index (χ3n) is 2.25. The average Bonchev–Trinajstić information content (AvgIpc) is 2.38. The van der Waals surface area contributed by atoms with Crippen LogP contribution in [0.15, 0.2) is 54.6 Å². The molecule has 0 saturated carbocycles. The number of carbonyl (C=O) groups is 1. The van der Waals surface area contributed by atoms with Crippen molar-refractivity contribution >= 4 is 5.78 Å². The Morgan fingerprint density at radius 3 is 2.53 bits per heavy atom. The summed E-state index contributed by atoms with van der Waals surface area (Å²) in [5.74, 6) is -0.737. The molecule has 1 rings (SSSR count). The van der Waals surface area contributed by atoms with Gasteiger partial charge in [0.15, 0.2) is 12.0 Å². The maximum Gasteiger partial charge on any atom is 0.192 e. The second-order valence-electron chi connectivity index (χ2n) is 3.54. The quantitative estimate of drug-likeness (QED) is 0.628. The summed E-state index contributed by atoms with van der Waals surface area (Å²) in [6, 6.07) is 8.30. The highest BCUT2D eigenvalue weighted by atomic mass is 19.1. The maximum absolute atomic E-state index is 13.6. The lowest BCUT2D eigenvalue weighted by Crippen LogP contribution is -2.22. The molecule has 0 aliphatic carbocycles. The molecule has 0 unspecified atom stereocenters. The highest BCUT2D eigenvalue weighted by molar-refractivity contribution is 5.94. The van der Waals surface area contributed by atoms with Gasteiger partial charge in [0.2, 0.25) is 0 Å². The van der Waals surface area contributed by atoms with E-state index >= 15 is 0 Å². The minimum absolute atomic E-state index is 0.396. The molecule has 0 heterocycles. The molecule has 1 aromatic carbocycles. The summed E-state index contributed by atoms with van der Waals surface area (Å²) in [5.41, 5.74) is 0.396. The maximum atomic E-state index is 13.6. The van der Waals surface area contributed by atoms with Gasteiger partial charge in [0.05, 0.1) is 0 Å². The van der Waals surface area contributed by atoms with Crippen LogP contribution in [0.2, 0.25) is 0 Å². The highest BCUT2D eigenvalue weighted by Crippen LogP contribution is 2.19. The van der Waals surface area contributed by atoms with Crippen LogP contribution in [0.3, 0.4) is 0 Å². The fourth-order valence-electron chi connectivity index (χ4n) is 1.33. The van der Waals surface area contributed by atoms with Gasteiger partial charge in [-0.15, -0.1) is 0 Å². The van der Waals surface area contributed by atoms with Crippen molar-refractivity contribution in [2.45, 2.75) is 19.2 Å². The van der Waals surface area contributed by atoms with Crippen LogP contribution in [0.5, 0.6) is 0 Å². The van der Waals surface area contributed by atoms with E-state index < -0.39 is 18.1 Å². The number of aliphatic hydroxyl groups is 1. The first-order valence-corrected chi connectivity index (χ1v) is 5.37. The summed E-state index contributed by atoms with van der Waals surface area (Å²) < 4.78 is 13.6. The van der Waals surface area contributed by atoms with Crippen molar-refractivity contribution in [2.24, 2.45) is 0 Å². The minimum atomic E-state index is -1.93. The number of carbonyl (C=O) groups excluding carboxylic acids is 1. The third kappa shape index (κ3) is 3.96. The van der Waals surface area contributed by atoms with Crippen molar-refractivity contribution < 1.29 is 14.3 Å². The molecule has 17 heavy (non-hydrogen) atoms. The van der Waals surface area contributed by atoms with Crippen LogP contribution in [-0.2, 0) is 4.79 Å². The second-order valence-corrected chi connectivity index (χ2v) is 3.54. The van der Waals surface area contributed by atoms with Crippen molar-refractivity contribution in [3.63, 3.8) is 0 Å². The SMILES string of the molecule is C/C=C/C=C/C(=O)[C@@H](F)[C@H](O)c1ccccc1. The Balaban J connectivity index is 2.70. The fraction of sp³-hybridized carbons (Fsp3) is 0.214. The Morgan fingerprint density at radius 1 is 1.29 bits per heavy atom. The van der Waals surface area contributed by atoms with Gasteiger partial charge in [0.25, 0.3) is 0 Å². The Bertz CT molecular complexity index is 409. The monoisotopic (exact) mass is 234 g/mol. The topological polar surface area (TPSA) is 37.3 Å². The molecule has 0 spiro atoms. The Hall–Kier alpha value is -1.74. The van der Waals surface area contributed by atoms with Crippen molar-refractivity contribution in [1.29, 1.82) is 0 Å². The van der Waals surface area contributed by atoms with E-state index in [0.717, 1.165) is 6.08 Å². The van der Waals surface area contributed by atoms with Crippen LogP contribution >= 0.6 is 0 Å². The first-order valence-electron chi connectivity index (χ1n) is 5.37. The largest absolute Gasteiger partial charge is 0.385 e. The number of benzene rings is 1. The minimum Gasteiger partial charge on any atom is -0.385 e. The van der Waals surface area contributed by atoms with Crippen molar-refractivity contribution in [1.82, 2.24) is 0 Å². The van der Waals surface area contributed by atoms with Gasteiger partial charge in [-0.3, -0.25) is 4.79 Å². The first kappa shape index (κ1) is 13.3. The lowest BCUT2D eigenvalue weighted by molar-refractivity contribution is -0.123. The predicted octanol–water partition coefficient (Wildman–Crippen LogP) is 2.76. The smallest absolute Gasteiger partial charge is 0.192 e. The van der Waals surface area contributed by atoms with Crippen LogP contribution < -0.4 is 0 Å². The molecule has 3 heteroatoms. The van der Waals surface area contributed by atoms with Gasteiger partial charge in [0.1, 0.15) is 6.10 Å². The van der Waals surface area contributed by atoms with Gasteiger partial charge >= 0.3 is 0 Å².